The average molecular weight is 315 g/mol. The van der Waals surface area contributed by atoms with Gasteiger partial charge in [-0.05, 0) is 47.0 Å². The quantitative estimate of drug-likeness (QED) is 0.881. The lowest BCUT2D eigenvalue weighted by atomic mass is 9.91. The molecule has 98 valence electrons. The smallest absolute Gasteiger partial charge is 0.252 e. The predicted molar refractivity (Wildman–Crippen MR) is 71.8 cm³/mol. The van der Waals surface area contributed by atoms with E-state index in [1.807, 2.05) is 0 Å². The van der Waals surface area contributed by atoms with Gasteiger partial charge in [-0.3, -0.25) is 4.79 Å². The number of carbonyl (C=O) groups is 1. The molecule has 1 amide bonds. The lowest BCUT2D eigenvalue weighted by Gasteiger charge is -2.29. The van der Waals surface area contributed by atoms with Crippen molar-refractivity contribution in [3.8, 4) is 0 Å². The first-order chi connectivity index (χ1) is 8.58. The second-order valence-electron chi connectivity index (χ2n) is 4.65. The van der Waals surface area contributed by atoms with Gasteiger partial charge >= 0.3 is 0 Å². The van der Waals surface area contributed by atoms with E-state index >= 15 is 0 Å². The SMILES string of the molecule is NC1CCCCC1NC(=O)c1cc(F)ccc1Br. The Balaban J connectivity index is 2.09. The molecule has 1 aromatic rings. The molecular weight excluding hydrogens is 299 g/mol. The van der Waals surface area contributed by atoms with E-state index in [4.69, 9.17) is 5.73 Å². The number of hydrogen-bond donors (Lipinski definition) is 2. The van der Waals surface area contributed by atoms with Crippen LogP contribution in [0.25, 0.3) is 0 Å². The van der Waals surface area contributed by atoms with Gasteiger partial charge in [0.15, 0.2) is 0 Å². The Morgan fingerprint density at radius 2 is 2.11 bits per heavy atom. The first-order valence-corrected chi connectivity index (χ1v) is 6.88. The van der Waals surface area contributed by atoms with Gasteiger partial charge in [-0.2, -0.15) is 0 Å². The number of benzene rings is 1. The normalized spacial score (nSPS) is 23.7. The van der Waals surface area contributed by atoms with Crippen LogP contribution in [0.5, 0.6) is 0 Å². The third-order valence-corrected chi connectivity index (χ3v) is 4.00. The topological polar surface area (TPSA) is 55.1 Å². The van der Waals surface area contributed by atoms with Gasteiger partial charge in [0.1, 0.15) is 5.82 Å². The molecule has 3 nitrogen and oxygen atoms in total. The van der Waals surface area contributed by atoms with E-state index < -0.39 is 5.82 Å². The lowest BCUT2D eigenvalue weighted by molar-refractivity contribution is 0.0920. The predicted octanol–water partition coefficient (Wildman–Crippen LogP) is 2.59. The zero-order valence-corrected chi connectivity index (χ0v) is 11.5. The molecule has 0 aliphatic heterocycles. The Labute approximate surface area is 114 Å². The molecule has 2 atom stereocenters. The Hall–Kier alpha value is -0.940. The Morgan fingerprint density at radius 3 is 2.83 bits per heavy atom. The van der Waals surface area contributed by atoms with E-state index in [0.717, 1.165) is 25.7 Å². The van der Waals surface area contributed by atoms with Crippen molar-refractivity contribution < 1.29 is 9.18 Å². The van der Waals surface area contributed by atoms with Crippen molar-refractivity contribution in [2.75, 3.05) is 0 Å². The van der Waals surface area contributed by atoms with Crippen molar-refractivity contribution in [2.24, 2.45) is 5.73 Å². The number of halogens is 2. The van der Waals surface area contributed by atoms with Gasteiger partial charge < -0.3 is 11.1 Å². The maximum atomic E-state index is 13.1. The third-order valence-electron chi connectivity index (χ3n) is 3.31. The van der Waals surface area contributed by atoms with Crippen molar-refractivity contribution in [3.05, 3.63) is 34.1 Å². The molecule has 1 saturated carbocycles. The van der Waals surface area contributed by atoms with E-state index in [1.165, 1.54) is 18.2 Å². The first-order valence-electron chi connectivity index (χ1n) is 6.09. The Morgan fingerprint density at radius 1 is 1.39 bits per heavy atom. The van der Waals surface area contributed by atoms with Gasteiger partial charge in [0.2, 0.25) is 0 Å². The second-order valence-corrected chi connectivity index (χ2v) is 5.51. The number of nitrogens with one attached hydrogen (secondary N) is 1. The Kier molecular flexibility index (Phi) is 4.35. The minimum absolute atomic E-state index is 0.00460. The van der Waals surface area contributed by atoms with E-state index in [0.29, 0.717) is 10.0 Å². The molecule has 1 fully saturated rings. The molecule has 18 heavy (non-hydrogen) atoms. The molecule has 0 heterocycles. The van der Waals surface area contributed by atoms with E-state index in [1.54, 1.807) is 0 Å². The van der Waals surface area contributed by atoms with Gasteiger partial charge in [0.05, 0.1) is 5.56 Å². The van der Waals surface area contributed by atoms with Gasteiger partial charge in [0, 0.05) is 16.6 Å². The molecule has 1 aliphatic rings. The minimum atomic E-state index is -0.420. The molecule has 0 radical (unpaired) electrons. The fraction of sp³-hybridized carbons (Fsp3) is 0.462. The summed E-state index contributed by atoms with van der Waals surface area (Å²) in [6.45, 7) is 0. The summed E-state index contributed by atoms with van der Waals surface area (Å²) in [4.78, 5) is 12.1. The largest absolute Gasteiger partial charge is 0.348 e. The highest BCUT2D eigenvalue weighted by Crippen LogP contribution is 2.20. The van der Waals surface area contributed by atoms with Gasteiger partial charge in [-0.1, -0.05) is 12.8 Å². The molecule has 5 heteroatoms. The standard InChI is InChI=1S/C13H16BrFN2O/c14-10-6-5-8(15)7-9(10)13(18)17-12-4-2-1-3-11(12)16/h5-7,11-12H,1-4,16H2,(H,17,18). The maximum absolute atomic E-state index is 13.1. The summed E-state index contributed by atoms with van der Waals surface area (Å²) in [5, 5.41) is 2.89. The van der Waals surface area contributed by atoms with Crippen molar-refractivity contribution in [1.29, 1.82) is 0 Å². The van der Waals surface area contributed by atoms with Crippen molar-refractivity contribution in [1.82, 2.24) is 5.32 Å². The highest BCUT2D eigenvalue weighted by molar-refractivity contribution is 9.10. The van der Waals surface area contributed by atoms with Crippen LogP contribution in [0.3, 0.4) is 0 Å². The summed E-state index contributed by atoms with van der Waals surface area (Å²) in [6, 6.07) is 4.06. The van der Waals surface area contributed by atoms with Crippen LogP contribution in [0.1, 0.15) is 36.0 Å². The molecule has 1 aliphatic carbocycles. The molecule has 0 spiro atoms. The minimum Gasteiger partial charge on any atom is -0.348 e. The summed E-state index contributed by atoms with van der Waals surface area (Å²) in [7, 11) is 0. The number of rotatable bonds is 2. The molecule has 3 N–H and O–H groups in total. The van der Waals surface area contributed by atoms with Crippen LogP contribution < -0.4 is 11.1 Å². The summed E-state index contributed by atoms with van der Waals surface area (Å²) in [6.07, 6.45) is 4.00. The van der Waals surface area contributed by atoms with E-state index in [-0.39, 0.29) is 18.0 Å². The van der Waals surface area contributed by atoms with E-state index in [9.17, 15) is 9.18 Å². The number of hydrogen-bond acceptors (Lipinski definition) is 2. The maximum Gasteiger partial charge on any atom is 0.252 e. The molecule has 2 unspecified atom stereocenters. The molecule has 0 saturated heterocycles. The van der Waals surface area contributed by atoms with Gasteiger partial charge in [-0.25, -0.2) is 4.39 Å². The summed E-state index contributed by atoms with van der Waals surface area (Å²) >= 11 is 3.25. The molecule has 2 rings (SSSR count). The number of nitrogens with two attached hydrogens (primary N) is 1. The average Bonchev–Trinajstić information content (AvgIpc) is 2.35. The Bertz CT molecular complexity index is 453. The zero-order valence-electron chi connectivity index (χ0n) is 9.96. The van der Waals surface area contributed by atoms with Crippen molar-refractivity contribution in [3.63, 3.8) is 0 Å². The number of amides is 1. The summed E-state index contributed by atoms with van der Waals surface area (Å²) < 4.78 is 13.7. The highest BCUT2D eigenvalue weighted by atomic mass is 79.9. The summed E-state index contributed by atoms with van der Waals surface area (Å²) in [5.74, 6) is -0.694. The van der Waals surface area contributed by atoms with E-state index in [2.05, 4.69) is 21.2 Å². The number of carbonyl (C=O) groups excluding carboxylic acids is 1. The highest BCUT2D eigenvalue weighted by Gasteiger charge is 2.24. The molecular formula is C13H16BrFN2O. The molecule has 0 bridgehead atoms. The van der Waals surface area contributed by atoms with Crippen LogP contribution in [-0.4, -0.2) is 18.0 Å². The van der Waals surface area contributed by atoms with Crippen molar-refractivity contribution >= 4 is 21.8 Å². The van der Waals surface area contributed by atoms with Crippen LogP contribution in [0.4, 0.5) is 4.39 Å². The second kappa shape index (κ2) is 5.80. The monoisotopic (exact) mass is 314 g/mol. The van der Waals surface area contributed by atoms with Crippen LogP contribution >= 0.6 is 15.9 Å². The fourth-order valence-corrected chi connectivity index (χ4v) is 2.68. The lowest BCUT2D eigenvalue weighted by Crippen LogP contribution is -2.49. The molecule has 1 aromatic carbocycles. The van der Waals surface area contributed by atoms with Crippen molar-refractivity contribution in [2.45, 2.75) is 37.8 Å². The molecule has 0 aromatic heterocycles. The van der Waals surface area contributed by atoms with Crippen LogP contribution in [0, 0.1) is 5.82 Å². The van der Waals surface area contributed by atoms with Crippen LogP contribution in [0.15, 0.2) is 22.7 Å². The van der Waals surface area contributed by atoms with Gasteiger partial charge in [0.25, 0.3) is 5.91 Å². The van der Waals surface area contributed by atoms with Gasteiger partial charge in [-0.15, -0.1) is 0 Å². The zero-order chi connectivity index (χ0) is 13.1. The third kappa shape index (κ3) is 3.09. The van der Waals surface area contributed by atoms with Crippen LogP contribution in [-0.2, 0) is 0 Å². The first kappa shape index (κ1) is 13.5. The summed E-state index contributed by atoms with van der Waals surface area (Å²) in [5.41, 5.74) is 6.29. The fourth-order valence-electron chi connectivity index (χ4n) is 2.26. The van der Waals surface area contributed by atoms with Crippen LogP contribution in [0.2, 0.25) is 0 Å².